The number of aromatic nitrogens is 2. The van der Waals surface area contributed by atoms with E-state index in [1.165, 1.54) is 27.1 Å². The Hall–Kier alpha value is -2.52. The molecule has 1 fully saturated rings. The van der Waals surface area contributed by atoms with Crippen LogP contribution in [0.3, 0.4) is 0 Å². The summed E-state index contributed by atoms with van der Waals surface area (Å²) < 4.78 is 15.7. The minimum Gasteiger partial charge on any atom is -0.495 e. The van der Waals surface area contributed by atoms with E-state index in [1.807, 2.05) is 20.2 Å². The average Bonchev–Trinajstić information content (AvgIpc) is 3.40. The van der Waals surface area contributed by atoms with E-state index in [-0.39, 0.29) is 0 Å². The molecule has 184 valence electrons. The standard InChI is InChI=1S/C20H23Cl2N5O2.C4H8O/c1-27(2)6-5-24-20-12-8-16(23)25-10-11(12)7-13(26-20)17-18(21)14(28-3)9-15(29-4)19(17)22;1-2-4-5-3-1/h7-10H,5-6H2,1-4H3,(H2,23,25)(H,24,26);1-4H2. The molecular weight excluding hydrogens is 477 g/mol. The number of halogens is 2. The van der Waals surface area contributed by atoms with Crippen LogP contribution in [0.25, 0.3) is 22.0 Å². The van der Waals surface area contributed by atoms with Gasteiger partial charge in [0.25, 0.3) is 0 Å². The first-order chi connectivity index (χ1) is 16.3. The second-order valence-corrected chi connectivity index (χ2v) is 8.78. The number of methoxy groups -OCH3 is 2. The maximum Gasteiger partial charge on any atom is 0.141 e. The maximum absolute atomic E-state index is 6.58. The Kier molecular flexibility index (Phi) is 9.41. The number of nitrogen functional groups attached to an aromatic ring is 1. The fourth-order valence-corrected chi connectivity index (χ4v) is 4.14. The fourth-order valence-electron chi connectivity index (χ4n) is 3.44. The summed E-state index contributed by atoms with van der Waals surface area (Å²) in [5.74, 6) is 1.98. The van der Waals surface area contributed by atoms with Gasteiger partial charge in [-0.25, -0.2) is 9.97 Å². The molecule has 3 heterocycles. The van der Waals surface area contributed by atoms with Gasteiger partial charge in [-0.1, -0.05) is 23.2 Å². The van der Waals surface area contributed by atoms with Crippen LogP contribution in [0.15, 0.2) is 24.4 Å². The zero-order chi connectivity index (χ0) is 24.7. The number of likely N-dealkylation sites (N-methyl/N-ethyl adjacent to an activating group) is 1. The van der Waals surface area contributed by atoms with Gasteiger partial charge in [0.1, 0.15) is 23.1 Å². The van der Waals surface area contributed by atoms with Crippen LogP contribution in [0.2, 0.25) is 10.0 Å². The van der Waals surface area contributed by atoms with Crippen molar-refractivity contribution in [3.8, 4) is 22.8 Å². The van der Waals surface area contributed by atoms with Crippen molar-refractivity contribution in [2.45, 2.75) is 12.8 Å². The molecule has 0 amide bonds. The first-order valence-corrected chi connectivity index (χ1v) is 11.7. The Morgan fingerprint density at radius 2 is 1.71 bits per heavy atom. The third kappa shape index (κ3) is 6.33. The molecular formula is C24H31Cl2N5O3. The summed E-state index contributed by atoms with van der Waals surface area (Å²) in [7, 11) is 7.08. The highest BCUT2D eigenvalue weighted by atomic mass is 35.5. The molecule has 0 spiro atoms. The van der Waals surface area contributed by atoms with Crippen molar-refractivity contribution < 1.29 is 14.2 Å². The van der Waals surface area contributed by atoms with Crippen LogP contribution in [-0.2, 0) is 4.74 Å². The van der Waals surface area contributed by atoms with Gasteiger partial charge in [0.15, 0.2) is 0 Å². The number of pyridine rings is 2. The lowest BCUT2D eigenvalue weighted by atomic mass is 10.1. The number of benzene rings is 1. The van der Waals surface area contributed by atoms with Crippen LogP contribution in [0.5, 0.6) is 11.5 Å². The number of nitrogens with two attached hydrogens (primary N) is 1. The smallest absolute Gasteiger partial charge is 0.141 e. The summed E-state index contributed by atoms with van der Waals surface area (Å²) in [5, 5.41) is 5.79. The van der Waals surface area contributed by atoms with Gasteiger partial charge in [-0.3, -0.25) is 0 Å². The lowest BCUT2D eigenvalue weighted by Gasteiger charge is -2.17. The molecule has 4 rings (SSSR count). The van der Waals surface area contributed by atoms with Crippen molar-refractivity contribution in [1.29, 1.82) is 0 Å². The molecule has 3 N–H and O–H groups in total. The van der Waals surface area contributed by atoms with Gasteiger partial charge in [-0.15, -0.1) is 0 Å². The molecule has 0 unspecified atom stereocenters. The van der Waals surface area contributed by atoms with Crippen molar-refractivity contribution >= 4 is 45.6 Å². The van der Waals surface area contributed by atoms with Gasteiger partial charge in [0.2, 0.25) is 0 Å². The van der Waals surface area contributed by atoms with E-state index in [1.54, 1.807) is 18.3 Å². The van der Waals surface area contributed by atoms with E-state index in [0.717, 1.165) is 30.5 Å². The summed E-state index contributed by atoms with van der Waals surface area (Å²) in [6, 6.07) is 5.30. The number of nitrogens with zero attached hydrogens (tertiary/aromatic N) is 3. The molecule has 3 aromatic rings. The van der Waals surface area contributed by atoms with Crippen molar-refractivity contribution in [3.05, 3.63) is 34.4 Å². The van der Waals surface area contributed by atoms with E-state index in [2.05, 4.69) is 15.2 Å². The van der Waals surface area contributed by atoms with Crippen molar-refractivity contribution in [2.75, 3.05) is 65.7 Å². The molecule has 1 aromatic carbocycles. The van der Waals surface area contributed by atoms with E-state index >= 15 is 0 Å². The Morgan fingerprint density at radius 3 is 2.24 bits per heavy atom. The lowest BCUT2D eigenvalue weighted by molar-refractivity contribution is 0.198. The number of ether oxygens (including phenoxy) is 3. The first kappa shape index (κ1) is 26.1. The SMILES string of the molecule is C1CCOC1.COc1cc(OC)c(Cl)c(-c2cc3cnc(N)cc3c(NCCN(C)C)n2)c1Cl. The molecule has 34 heavy (non-hydrogen) atoms. The number of fused-ring (bicyclic) bond motifs is 1. The number of hydrogen-bond acceptors (Lipinski definition) is 8. The molecule has 1 aliphatic rings. The predicted octanol–water partition coefficient (Wildman–Crippen LogP) is 4.97. The Morgan fingerprint density at radius 1 is 1.06 bits per heavy atom. The van der Waals surface area contributed by atoms with Gasteiger partial charge < -0.3 is 30.2 Å². The molecule has 0 bridgehead atoms. The molecule has 0 radical (unpaired) electrons. The Labute approximate surface area is 210 Å². The average molecular weight is 508 g/mol. The minimum absolute atomic E-state index is 0.354. The minimum atomic E-state index is 0.354. The summed E-state index contributed by atoms with van der Waals surface area (Å²) >= 11 is 13.2. The second kappa shape index (κ2) is 12.3. The summed E-state index contributed by atoms with van der Waals surface area (Å²) in [5.41, 5.74) is 6.99. The highest BCUT2D eigenvalue weighted by Crippen LogP contribution is 2.46. The maximum atomic E-state index is 6.58. The van der Waals surface area contributed by atoms with Gasteiger partial charge in [-0.05, 0) is 39.1 Å². The highest BCUT2D eigenvalue weighted by Gasteiger charge is 2.21. The highest BCUT2D eigenvalue weighted by molar-refractivity contribution is 6.41. The topological polar surface area (TPSA) is 94.8 Å². The molecule has 8 nitrogen and oxygen atoms in total. The first-order valence-electron chi connectivity index (χ1n) is 11.0. The van der Waals surface area contributed by atoms with Crippen LogP contribution in [0, 0.1) is 0 Å². The van der Waals surface area contributed by atoms with Crippen LogP contribution in [0.1, 0.15) is 12.8 Å². The third-order valence-electron chi connectivity index (χ3n) is 5.24. The molecule has 0 saturated carbocycles. The predicted molar refractivity (Wildman–Crippen MR) is 140 cm³/mol. The summed E-state index contributed by atoms with van der Waals surface area (Å²) in [6.45, 7) is 3.53. The van der Waals surface area contributed by atoms with Gasteiger partial charge in [-0.2, -0.15) is 0 Å². The van der Waals surface area contributed by atoms with Crippen molar-refractivity contribution in [2.24, 2.45) is 0 Å². The third-order valence-corrected chi connectivity index (χ3v) is 5.99. The van der Waals surface area contributed by atoms with Crippen molar-refractivity contribution in [3.63, 3.8) is 0 Å². The van der Waals surface area contributed by atoms with E-state index in [4.69, 9.17) is 48.1 Å². The molecule has 1 saturated heterocycles. The zero-order valence-corrected chi connectivity index (χ0v) is 21.5. The molecule has 10 heteroatoms. The normalized spacial score (nSPS) is 13.0. The van der Waals surface area contributed by atoms with Crippen LogP contribution < -0.4 is 20.5 Å². The quantitative estimate of drug-likeness (QED) is 0.462. The van der Waals surface area contributed by atoms with Crippen LogP contribution in [-0.4, -0.2) is 69.5 Å². The number of nitrogens with one attached hydrogen (secondary N) is 1. The van der Waals surface area contributed by atoms with Gasteiger partial charge in [0.05, 0.1) is 30.0 Å². The molecule has 2 aromatic heterocycles. The summed E-state index contributed by atoms with van der Waals surface area (Å²) in [6.07, 6.45) is 4.26. The van der Waals surface area contributed by atoms with E-state index in [0.29, 0.717) is 51.0 Å². The van der Waals surface area contributed by atoms with Gasteiger partial charge in [0, 0.05) is 54.9 Å². The fraction of sp³-hybridized carbons (Fsp3) is 0.417. The largest absolute Gasteiger partial charge is 0.495 e. The lowest BCUT2D eigenvalue weighted by Crippen LogP contribution is -2.21. The number of anilines is 2. The molecule has 0 aliphatic carbocycles. The van der Waals surface area contributed by atoms with Crippen LogP contribution >= 0.6 is 23.2 Å². The zero-order valence-electron chi connectivity index (χ0n) is 20.0. The molecule has 1 aliphatic heterocycles. The van der Waals surface area contributed by atoms with Crippen LogP contribution in [0.4, 0.5) is 11.6 Å². The van der Waals surface area contributed by atoms with E-state index in [9.17, 15) is 0 Å². The number of hydrogen-bond donors (Lipinski definition) is 2. The second-order valence-electron chi connectivity index (χ2n) is 8.02. The van der Waals surface area contributed by atoms with Crippen molar-refractivity contribution in [1.82, 2.24) is 14.9 Å². The Bertz CT molecular complexity index is 1090. The van der Waals surface area contributed by atoms with Gasteiger partial charge >= 0.3 is 0 Å². The number of rotatable bonds is 7. The summed E-state index contributed by atoms with van der Waals surface area (Å²) in [4.78, 5) is 11.1. The van der Waals surface area contributed by atoms with E-state index < -0.39 is 0 Å². The monoisotopic (exact) mass is 507 g/mol. The Balaban J connectivity index is 0.000000574. The molecule has 0 atom stereocenters.